The molecule has 8 aromatic carbocycles. The minimum Gasteiger partial charge on any atom is -0.456 e. The number of fused-ring (bicyclic) bond motifs is 9. The fraction of sp³-hybridized carbons (Fsp3) is 0. The Morgan fingerprint density at radius 2 is 0.745 bits per heavy atom. The second-order valence-corrected chi connectivity index (χ2v) is 13.4. The van der Waals surface area contributed by atoms with Crippen molar-refractivity contribution in [3.63, 3.8) is 0 Å². The van der Waals surface area contributed by atoms with Crippen molar-refractivity contribution in [2.75, 3.05) is 0 Å². The third kappa shape index (κ3) is 4.25. The molecule has 0 bridgehead atoms. The Bertz CT molecular complexity index is 3100. The van der Waals surface area contributed by atoms with Crippen molar-refractivity contribution in [3.05, 3.63) is 182 Å². The summed E-state index contributed by atoms with van der Waals surface area (Å²) in [6.07, 6.45) is 0. The van der Waals surface area contributed by atoms with Crippen LogP contribution in [0.5, 0.6) is 0 Å². The molecule has 0 N–H and O–H groups in total. The van der Waals surface area contributed by atoms with Crippen LogP contribution in [0.1, 0.15) is 0 Å². The van der Waals surface area contributed by atoms with Gasteiger partial charge in [0.05, 0.1) is 22.1 Å². The van der Waals surface area contributed by atoms with Crippen molar-refractivity contribution in [1.82, 2.24) is 9.13 Å². The number of hydrogen-bond acceptors (Lipinski definition) is 1. The smallest absolute Gasteiger partial charge is 0.137 e. The average molecular weight is 651 g/mol. The molecule has 3 aromatic heterocycles. The fourth-order valence-electron chi connectivity index (χ4n) is 8.13. The summed E-state index contributed by atoms with van der Waals surface area (Å²) in [6, 6.07) is 65.5. The van der Waals surface area contributed by atoms with Gasteiger partial charge in [-0.2, -0.15) is 0 Å². The quantitative estimate of drug-likeness (QED) is 0.186. The van der Waals surface area contributed by atoms with E-state index in [1.165, 1.54) is 65.9 Å². The molecule has 0 aliphatic rings. The van der Waals surface area contributed by atoms with Crippen LogP contribution in [0.25, 0.3) is 99.2 Å². The number of furan rings is 1. The first-order valence-electron chi connectivity index (χ1n) is 17.4. The SMILES string of the molecule is c1ccc(-c2ccc(-c3ccc(-n4c5ccccc5c5cc6c7ccccc7n(-c7ccc8c(c7)oc7ccccc78)c6cc54)cc3)cc2)cc1. The number of nitrogens with zero attached hydrogens (tertiary/aromatic N) is 2. The van der Waals surface area contributed by atoms with Gasteiger partial charge in [0.15, 0.2) is 0 Å². The molecule has 0 aliphatic carbocycles. The van der Waals surface area contributed by atoms with Gasteiger partial charge in [-0.1, -0.05) is 121 Å². The lowest BCUT2D eigenvalue weighted by molar-refractivity contribution is 0.668. The molecule has 0 radical (unpaired) electrons. The number of rotatable bonds is 4. The predicted octanol–water partition coefficient (Wildman–Crippen LogP) is 13.1. The standard InChI is InChI=1S/C48H30N2O/c1-2-10-31(11-3-1)32-18-20-33(21-19-32)34-22-24-35(25-23-34)49-43-15-7-4-12-37(43)41-29-42-38-13-5-8-16-44(38)50(46(42)30-45(41)49)36-26-27-40-39-14-6-9-17-47(39)51-48(40)28-36/h1-30H. The van der Waals surface area contributed by atoms with Crippen LogP contribution in [0, 0.1) is 0 Å². The van der Waals surface area contributed by atoms with Gasteiger partial charge in [-0.3, -0.25) is 0 Å². The highest BCUT2D eigenvalue weighted by molar-refractivity contribution is 6.19. The summed E-state index contributed by atoms with van der Waals surface area (Å²) in [4.78, 5) is 0. The highest BCUT2D eigenvalue weighted by Crippen LogP contribution is 2.40. The van der Waals surface area contributed by atoms with E-state index in [2.05, 4.69) is 179 Å². The van der Waals surface area contributed by atoms with E-state index in [0.717, 1.165) is 33.3 Å². The number of para-hydroxylation sites is 3. The molecule has 0 atom stereocenters. The molecular formula is C48H30N2O. The van der Waals surface area contributed by atoms with Gasteiger partial charge in [-0.25, -0.2) is 0 Å². The Morgan fingerprint density at radius 1 is 0.275 bits per heavy atom. The molecule has 3 nitrogen and oxygen atoms in total. The summed E-state index contributed by atoms with van der Waals surface area (Å²) in [5.74, 6) is 0. The van der Waals surface area contributed by atoms with Crippen molar-refractivity contribution in [2.45, 2.75) is 0 Å². The van der Waals surface area contributed by atoms with Gasteiger partial charge >= 0.3 is 0 Å². The molecule has 11 aromatic rings. The van der Waals surface area contributed by atoms with Crippen LogP contribution < -0.4 is 0 Å². The molecule has 0 fully saturated rings. The summed E-state index contributed by atoms with van der Waals surface area (Å²) >= 11 is 0. The van der Waals surface area contributed by atoms with Gasteiger partial charge < -0.3 is 13.6 Å². The molecule has 0 unspecified atom stereocenters. The van der Waals surface area contributed by atoms with Gasteiger partial charge in [0, 0.05) is 49.8 Å². The summed E-state index contributed by atoms with van der Waals surface area (Å²) in [5.41, 5.74) is 13.6. The lowest BCUT2D eigenvalue weighted by Gasteiger charge is -2.11. The zero-order valence-electron chi connectivity index (χ0n) is 27.6. The second kappa shape index (κ2) is 10.8. The zero-order valence-corrected chi connectivity index (χ0v) is 27.6. The minimum atomic E-state index is 0.893. The maximum absolute atomic E-state index is 6.35. The first-order chi connectivity index (χ1) is 25.3. The van der Waals surface area contributed by atoms with Crippen molar-refractivity contribution in [1.29, 1.82) is 0 Å². The van der Waals surface area contributed by atoms with Gasteiger partial charge in [0.2, 0.25) is 0 Å². The van der Waals surface area contributed by atoms with Crippen LogP contribution in [0.3, 0.4) is 0 Å². The Labute approximate surface area is 293 Å². The summed E-state index contributed by atoms with van der Waals surface area (Å²) < 4.78 is 11.2. The third-order valence-electron chi connectivity index (χ3n) is 10.5. The number of aromatic nitrogens is 2. The molecule has 0 aliphatic heterocycles. The van der Waals surface area contributed by atoms with Crippen molar-refractivity contribution in [3.8, 4) is 33.6 Å². The van der Waals surface area contributed by atoms with Gasteiger partial charge in [-0.15, -0.1) is 0 Å². The van der Waals surface area contributed by atoms with Crippen LogP contribution in [0.15, 0.2) is 186 Å². The maximum atomic E-state index is 6.35. The van der Waals surface area contributed by atoms with Gasteiger partial charge in [0.1, 0.15) is 11.2 Å². The average Bonchev–Trinajstić information content (AvgIpc) is 3.84. The van der Waals surface area contributed by atoms with Gasteiger partial charge in [0.25, 0.3) is 0 Å². The lowest BCUT2D eigenvalue weighted by atomic mass is 10.0. The van der Waals surface area contributed by atoms with Crippen molar-refractivity contribution >= 4 is 65.6 Å². The van der Waals surface area contributed by atoms with E-state index in [9.17, 15) is 0 Å². The first kappa shape index (κ1) is 28.0. The van der Waals surface area contributed by atoms with Crippen molar-refractivity contribution in [2.24, 2.45) is 0 Å². The molecule has 3 heterocycles. The molecule has 0 saturated carbocycles. The normalized spacial score (nSPS) is 11.9. The summed E-state index contributed by atoms with van der Waals surface area (Å²) in [6.45, 7) is 0. The van der Waals surface area contributed by atoms with E-state index in [4.69, 9.17) is 4.42 Å². The monoisotopic (exact) mass is 650 g/mol. The Hall–Kier alpha value is -6.84. The van der Waals surface area contributed by atoms with Crippen molar-refractivity contribution < 1.29 is 4.42 Å². The van der Waals surface area contributed by atoms with E-state index in [-0.39, 0.29) is 0 Å². The van der Waals surface area contributed by atoms with E-state index < -0.39 is 0 Å². The Balaban J connectivity index is 1.09. The third-order valence-corrected chi connectivity index (χ3v) is 10.5. The van der Waals surface area contributed by atoms with E-state index >= 15 is 0 Å². The molecule has 51 heavy (non-hydrogen) atoms. The zero-order chi connectivity index (χ0) is 33.5. The Morgan fingerprint density at radius 3 is 1.39 bits per heavy atom. The maximum Gasteiger partial charge on any atom is 0.137 e. The topological polar surface area (TPSA) is 23.0 Å². The molecule has 238 valence electrons. The molecule has 11 rings (SSSR count). The highest BCUT2D eigenvalue weighted by Gasteiger charge is 2.19. The summed E-state index contributed by atoms with van der Waals surface area (Å²) in [7, 11) is 0. The minimum absolute atomic E-state index is 0.893. The molecular weight excluding hydrogens is 621 g/mol. The first-order valence-corrected chi connectivity index (χ1v) is 17.4. The molecule has 0 spiro atoms. The molecule has 0 saturated heterocycles. The largest absolute Gasteiger partial charge is 0.456 e. The summed E-state index contributed by atoms with van der Waals surface area (Å²) in [5, 5.41) is 7.24. The van der Waals surface area contributed by atoms with E-state index in [1.54, 1.807) is 0 Å². The lowest BCUT2D eigenvalue weighted by Crippen LogP contribution is -1.96. The highest BCUT2D eigenvalue weighted by atomic mass is 16.3. The predicted molar refractivity (Wildman–Crippen MR) is 213 cm³/mol. The number of hydrogen-bond donors (Lipinski definition) is 0. The van der Waals surface area contributed by atoms with Crippen LogP contribution >= 0.6 is 0 Å². The van der Waals surface area contributed by atoms with Crippen LogP contribution in [0.2, 0.25) is 0 Å². The Kier molecular flexibility index (Phi) is 5.96. The molecule has 3 heteroatoms. The number of benzene rings is 8. The van der Waals surface area contributed by atoms with Gasteiger partial charge in [-0.05, 0) is 76.9 Å². The van der Waals surface area contributed by atoms with Crippen LogP contribution in [0.4, 0.5) is 0 Å². The fourth-order valence-corrected chi connectivity index (χ4v) is 8.13. The van der Waals surface area contributed by atoms with Crippen LogP contribution in [-0.4, -0.2) is 9.13 Å². The second-order valence-electron chi connectivity index (χ2n) is 13.4. The van der Waals surface area contributed by atoms with Crippen LogP contribution in [-0.2, 0) is 0 Å². The van der Waals surface area contributed by atoms with E-state index in [1.807, 2.05) is 12.1 Å². The van der Waals surface area contributed by atoms with E-state index in [0.29, 0.717) is 0 Å². The molecule has 0 amide bonds.